The van der Waals surface area contributed by atoms with Gasteiger partial charge in [0.1, 0.15) is 16.9 Å². The Labute approximate surface area is 117 Å². The van der Waals surface area contributed by atoms with Gasteiger partial charge in [0.15, 0.2) is 5.65 Å². The monoisotopic (exact) mass is 286 g/mol. The number of aromatic amines is 1. The lowest BCUT2D eigenvalue weighted by molar-refractivity contribution is 0.100. The minimum Gasteiger partial charge on any atom is -0.398 e. The van der Waals surface area contributed by atoms with Crippen molar-refractivity contribution in [1.29, 1.82) is 0 Å². The Kier molecular flexibility index (Phi) is 2.99. The lowest BCUT2D eigenvalue weighted by Crippen LogP contribution is -2.11. The van der Waals surface area contributed by atoms with Crippen LogP contribution in [0, 0.1) is 0 Å². The number of amides is 1. The molecule has 0 spiro atoms. The van der Waals surface area contributed by atoms with E-state index in [1.165, 1.54) is 18.1 Å². The summed E-state index contributed by atoms with van der Waals surface area (Å²) in [7, 11) is 0. The van der Waals surface area contributed by atoms with Crippen LogP contribution in [0.25, 0.3) is 11.2 Å². The van der Waals surface area contributed by atoms with E-state index in [0.29, 0.717) is 21.9 Å². The molecule has 0 saturated heterocycles. The fraction of sp³-hybridized carbons (Fsp3) is 0. The molecule has 1 amide bonds. The maximum atomic E-state index is 11.1. The van der Waals surface area contributed by atoms with Gasteiger partial charge in [-0.3, -0.25) is 4.79 Å². The smallest absolute Gasteiger partial charge is 0.248 e. The van der Waals surface area contributed by atoms with E-state index in [-0.39, 0.29) is 0 Å². The van der Waals surface area contributed by atoms with Gasteiger partial charge in [-0.15, -0.1) is 0 Å². The zero-order chi connectivity index (χ0) is 14.1. The van der Waals surface area contributed by atoms with E-state index >= 15 is 0 Å². The Morgan fingerprint density at radius 2 is 2.10 bits per heavy atom. The van der Waals surface area contributed by atoms with Gasteiger partial charge < -0.3 is 16.5 Å². The van der Waals surface area contributed by atoms with E-state index in [1.807, 2.05) is 0 Å². The molecule has 100 valence electrons. The fourth-order valence-corrected chi connectivity index (χ4v) is 2.59. The third kappa shape index (κ3) is 2.16. The molecule has 0 atom stereocenters. The minimum atomic E-state index is -0.508. The third-order valence-corrected chi connectivity index (χ3v) is 3.78. The number of nitrogens with one attached hydrogen (secondary N) is 1. The van der Waals surface area contributed by atoms with Gasteiger partial charge in [-0.25, -0.2) is 15.0 Å². The molecule has 3 rings (SSSR count). The van der Waals surface area contributed by atoms with Crippen LogP contribution in [0.5, 0.6) is 0 Å². The predicted octanol–water partition coefficient (Wildman–Crippen LogP) is 1.19. The first-order valence-electron chi connectivity index (χ1n) is 5.66. The second kappa shape index (κ2) is 4.82. The van der Waals surface area contributed by atoms with Crippen molar-refractivity contribution in [3.63, 3.8) is 0 Å². The summed E-state index contributed by atoms with van der Waals surface area (Å²) in [6.07, 6.45) is 3.00. The zero-order valence-electron chi connectivity index (χ0n) is 10.2. The van der Waals surface area contributed by atoms with E-state index in [4.69, 9.17) is 11.5 Å². The van der Waals surface area contributed by atoms with Gasteiger partial charge >= 0.3 is 0 Å². The van der Waals surface area contributed by atoms with Crippen molar-refractivity contribution < 1.29 is 4.79 Å². The van der Waals surface area contributed by atoms with E-state index in [2.05, 4.69) is 19.9 Å². The number of carbonyl (C=O) groups is 1. The Morgan fingerprint density at radius 1 is 1.25 bits per heavy atom. The summed E-state index contributed by atoms with van der Waals surface area (Å²) in [5, 5.41) is 0.714. The number of nitrogens with zero attached hydrogens (tertiary/aromatic N) is 3. The van der Waals surface area contributed by atoms with E-state index in [1.54, 1.807) is 24.5 Å². The predicted molar refractivity (Wildman–Crippen MR) is 75.2 cm³/mol. The summed E-state index contributed by atoms with van der Waals surface area (Å²) in [6.45, 7) is 0. The summed E-state index contributed by atoms with van der Waals surface area (Å²) >= 11 is 1.37. The summed E-state index contributed by atoms with van der Waals surface area (Å²) < 4.78 is 0. The lowest BCUT2D eigenvalue weighted by Gasteiger charge is -2.06. The number of hydrogen-bond donors (Lipinski definition) is 3. The summed E-state index contributed by atoms with van der Waals surface area (Å²) in [4.78, 5) is 27.2. The molecule has 1 aromatic carbocycles. The molecule has 0 unspecified atom stereocenters. The van der Waals surface area contributed by atoms with Crippen LogP contribution in [0.2, 0.25) is 0 Å². The molecule has 0 aliphatic rings. The molecule has 0 fully saturated rings. The number of imidazole rings is 1. The maximum Gasteiger partial charge on any atom is 0.248 e. The van der Waals surface area contributed by atoms with Crippen molar-refractivity contribution in [2.45, 2.75) is 9.92 Å². The number of carbonyl (C=O) groups excluding carboxylic acids is 1. The normalized spacial score (nSPS) is 10.8. The number of hydrogen-bond acceptors (Lipinski definition) is 6. The number of fused-ring (bicyclic) bond motifs is 1. The molecule has 0 aliphatic heterocycles. The highest BCUT2D eigenvalue weighted by atomic mass is 32.2. The van der Waals surface area contributed by atoms with Crippen LogP contribution in [-0.4, -0.2) is 25.8 Å². The number of benzene rings is 1. The maximum absolute atomic E-state index is 11.1. The summed E-state index contributed by atoms with van der Waals surface area (Å²) in [5.74, 6) is -0.508. The van der Waals surface area contributed by atoms with E-state index in [9.17, 15) is 4.79 Å². The molecular formula is C12H10N6OS. The van der Waals surface area contributed by atoms with E-state index < -0.39 is 5.91 Å². The average molecular weight is 286 g/mol. The van der Waals surface area contributed by atoms with Crippen LogP contribution >= 0.6 is 11.8 Å². The van der Waals surface area contributed by atoms with Crippen molar-refractivity contribution in [2.24, 2.45) is 5.73 Å². The Hall–Kier alpha value is -2.61. The number of primary amides is 1. The van der Waals surface area contributed by atoms with Crippen LogP contribution in [-0.2, 0) is 0 Å². The van der Waals surface area contributed by atoms with Crippen LogP contribution in [0.4, 0.5) is 5.69 Å². The molecule has 0 aliphatic carbocycles. The van der Waals surface area contributed by atoms with Gasteiger partial charge in [-0.05, 0) is 18.2 Å². The minimum absolute atomic E-state index is 0.376. The quantitative estimate of drug-likeness (QED) is 0.490. The largest absolute Gasteiger partial charge is 0.398 e. The second-order valence-electron chi connectivity index (χ2n) is 4.00. The van der Waals surface area contributed by atoms with Crippen molar-refractivity contribution >= 4 is 34.5 Å². The Balaban J connectivity index is 1.99. The fourth-order valence-electron chi connectivity index (χ4n) is 1.72. The molecule has 2 heterocycles. The Morgan fingerprint density at radius 3 is 2.85 bits per heavy atom. The van der Waals surface area contributed by atoms with Crippen molar-refractivity contribution in [3.05, 3.63) is 36.4 Å². The molecular weight excluding hydrogens is 276 g/mol. The van der Waals surface area contributed by atoms with Crippen LogP contribution in [0.1, 0.15) is 10.4 Å². The summed E-state index contributed by atoms with van der Waals surface area (Å²) in [5.41, 5.74) is 13.3. The number of nitrogens with two attached hydrogens (primary N) is 2. The second-order valence-corrected chi connectivity index (χ2v) is 5.03. The van der Waals surface area contributed by atoms with Gasteiger partial charge in [0.25, 0.3) is 0 Å². The third-order valence-electron chi connectivity index (χ3n) is 2.69. The molecule has 8 heteroatoms. The van der Waals surface area contributed by atoms with Gasteiger partial charge in [0.2, 0.25) is 5.91 Å². The lowest BCUT2D eigenvalue weighted by atomic mass is 10.2. The van der Waals surface area contributed by atoms with Crippen molar-refractivity contribution in [1.82, 2.24) is 19.9 Å². The Bertz CT molecular complexity index is 799. The topological polar surface area (TPSA) is 124 Å². The van der Waals surface area contributed by atoms with Crippen molar-refractivity contribution in [2.75, 3.05) is 5.73 Å². The van der Waals surface area contributed by atoms with Gasteiger partial charge in [-0.2, -0.15) is 0 Å². The van der Waals surface area contributed by atoms with Crippen molar-refractivity contribution in [3.8, 4) is 0 Å². The number of rotatable bonds is 3. The first-order chi connectivity index (χ1) is 9.65. The molecule has 7 nitrogen and oxygen atoms in total. The molecule has 0 bridgehead atoms. The molecule has 0 radical (unpaired) electrons. The van der Waals surface area contributed by atoms with E-state index in [0.717, 1.165) is 10.4 Å². The number of H-pyrrole nitrogens is 1. The number of nitrogen functional groups attached to an aromatic ring is 1. The molecule has 2 aromatic heterocycles. The first-order valence-corrected chi connectivity index (χ1v) is 6.48. The highest BCUT2D eigenvalue weighted by Gasteiger charge is 2.11. The zero-order valence-corrected chi connectivity index (χ0v) is 11.0. The van der Waals surface area contributed by atoms with Crippen LogP contribution in [0.15, 0.2) is 40.8 Å². The number of anilines is 1. The number of aromatic nitrogens is 4. The first kappa shape index (κ1) is 12.4. The van der Waals surface area contributed by atoms with Gasteiger partial charge in [-0.1, -0.05) is 11.8 Å². The average Bonchev–Trinajstić information content (AvgIpc) is 2.90. The highest BCUT2D eigenvalue weighted by molar-refractivity contribution is 7.99. The molecule has 0 saturated carbocycles. The van der Waals surface area contributed by atoms with Gasteiger partial charge in [0.05, 0.1) is 6.33 Å². The molecule has 20 heavy (non-hydrogen) atoms. The van der Waals surface area contributed by atoms with Crippen LogP contribution < -0.4 is 11.5 Å². The van der Waals surface area contributed by atoms with Crippen LogP contribution in [0.3, 0.4) is 0 Å². The standard InChI is InChI=1S/C12H10N6OS/c13-7-3-6(10(14)19)1-2-8(7)20-12-9-11(16-4-15-9)17-5-18-12/h1-5H,13H2,(H2,14,19)(H,15,16,17,18). The highest BCUT2D eigenvalue weighted by Crippen LogP contribution is 2.33. The molecule has 5 N–H and O–H groups in total. The van der Waals surface area contributed by atoms with Gasteiger partial charge in [0, 0.05) is 16.1 Å². The molecule has 3 aromatic rings. The SMILES string of the molecule is NC(=O)c1ccc(Sc2ncnc3nc[nH]c23)c(N)c1. The summed E-state index contributed by atoms with van der Waals surface area (Å²) in [6, 6.07) is 4.92.